The lowest BCUT2D eigenvalue weighted by Gasteiger charge is -2.22. The van der Waals surface area contributed by atoms with Crippen molar-refractivity contribution in [3.63, 3.8) is 0 Å². The van der Waals surface area contributed by atoms with Gasteiger partial charge in [-0.15, -0.1) is 0 Å². The molecule has 1 aromatic carbocycles. The molecule has 0 saturated carbocycles. The third kappa shape index (κ3) is 3.69. The van der Waals surface area contributed by atoms with Crippen LogP contribution in [0.25, 0.3) is 0 Å². The standard InChI is InChI=1S/C13H17N3O4/c14-12(16-18)10-3-1-9(2-4-10)7-15-13(17)11-8-19-5-6-20-11/h1-4,11,18H,5-8H2,(H2,14,16)(H,15,17). The molecule has 0 spiro atoms. The number of nitrogens with one attached hydrogen (secondary N) is 1. The van der Waals surface area contributed by atoms with Crippen LogP contribution in [0, 0.1) is 0 Å². The Kier molecular flexibility index (Phi) is 4.91. The first-order chi connectivity index (χ1) is 9.70. The van der Waals surface area contributed by atoms with Gasteiger partial charge in [-0.2, -0.15) is 0 Å². The van der Waals surface area contributed by atoms with Crippen molar-refractivity contribution in [2.45, 2.75) is 12.6 Å². The predicted molar refractivity (Wildman–Crippen MR) is 71.4 cm³/mol. The summed E-state index contributed by atoms with van der Waals surface area (Å²) in [4.78, 5) is 11.8. The van der Waals surface area contributed by atoms with E-state index in [9.17, 15) is 4.79 Å². The quantitative estimate of drug-likeness (QED) is 0.306. The molecule has 1 atom stereocenters. The molecule has 0 aromatic heterocycles. The maximum atomic E-state index is 11.8. The number of rotatable bonds is 4. The fraction of sp³-hybridized carbons (Fsp3) is 0.385. The van der Waals surface area contributed by atoms with Gasteiger partial charge in [0, 0.05) is 12.1 Å². The van der Waals surface area contributed by atoms with Crippen LogP contribution in [-0.4, -0.2) is 42.9 Å². The minimum Gasteiger partial charge on any atom is -0.409 e. The first kappa shape index (κ1) is 14.3. The molecule has 1 amide bonds. The minimum atomic E-state index is -0.541. The summed E-state index contributed by atoms with van der Waals surface area (Å²) in [5, 5.41) is 14.3. The van der Waals surface area contributed by atoms with Crippen LogP contribution in [0.3, 0.4) is 0 Å². The zero-order valence-electron chi connectivity index (χ0n) is 10.9. The Morgan fingerprint density at radius 3 is 2.75 bits per heavy atom. The topological polar surface area (TPSA) is 106 Å². The highest BCUT2D eigenvalue weighted by Crippen LogP contribution is 2.05. The van der Waals surface area contributed by atoms with Gasteiger partial charge in [0.1, 0.15) is 0 Å². The van der Waals surface area contributed by atoms with Gasteiger partial charge < -0.3 is 25.7 Å². The van der Waals surface area contributed by atoms with Gasteiger partial charge in [-0.1, -0.05) is 29.4 Å². The van der Waals surface area contributed by atoms with E-state index < -0.39 is 6.10 Å². The van der Waals surface area contributed by atoms with Crippen LogP contribution in [0.15, 0.2) is 29.4 Å². The molecule has 0 radical (unpaired) electrons. The van der Waals surface area contributed by atoms with Crippen molar-refractivity contribution < 1.29 is 19.5 Å². The summed E-state index contributed by atoms with van der Waals surface area (Å²) in [6.07, 6.45) is -0.541. The second-order valence-corrected chi connectivity index (χ2v) is 4.33. The van der Waals surface area contributed by atoms with Gasteiger partial charge in [-0.05, 0) is 5.56 Å². The third-order valence-electron chi connectivity index (χ3n) is 2.93. The third-order valence-corrected chi connectivity index (χ3v) is 2.93. The summed E-state index contributed by atoms with van der Waals surface area (Å²) in [5.74, 6) is -0.140. The molecular weight excluding hydrogens is 262 g/mol. The van der Waals surface area contributed by atoms with E-state index in [1.54, 1.807) is 24.3 Å². The highest BCUT2D eigenvalue weighted by molar-refractivity contribution is 5.96. The van der Waals surface area contributed by atoms with E-state index in [-0.39, 0.29) is 18.3 Å². The number of carbonyl (C=O) groups is 1. The van der Waals surface area contributed by atoms with Crippen molar-refractivity contribution in [2.24, 2.45) is 10.9 Å². The first-order valence-electron chi connectivity index (χ1n) is 6.24. The van der Waals surface area contributed by atoms with E-state index in [4.69, 9.17) is 20.4 Å². The fourth-order valence-corrected chi connectivity index (χ4v) is 1.79. The highest BCUT2D eigenvalue weighted by atomic mass is 16.6. The molecule has 20 heavy (non-hydrogen) atoms. The number of nitrogens with zero attached hydrogens (tertiary/aromatic N) is 1. The van der Waals surface area contributed by atoms with Gasteiger partial charge in [0.25, 0.3) is 5.91 Å². The molecule has 1 saturated heterocycles. The number of benzene rings is 1. The Morgan fingerprint density at radius 2 is 2.15 bits per heavy atom. The molecule has 1 aliphatic rings. The normalized spacial score (nSPS) is 19.6. The van der Waals surface area contributed by atoms with E-state index in [0.29, 0.717) is 25.3 Å². The summed E-state index contributed by atoms with van der Waals surface area (Å²) >= 11 is 0. The van der Waals surface area contributed by atoms with Gasteiger partial charge in [-0.3, -0.25) is 4.79 Å². The van der Waals surface area contributed by atoms with Crippen LogP contribution in [0.2, 0.25) is 0 Å². The first-order valence-corrected chi connectivity index (χ1v) is 6.24. The van der Waals surface area contributed by atoms with Gasteiger partial charge in [0.2, 0.25) is 0 Å². The lowest BCUT2D eigenvalue weighted by Crippen LogP contribution is -2.42. The van der Waals surface area contributed by atoms with Gasteiger partial charge in [-0.25, -0.2) is 0 Å². The number of hydrogen-bond donors (Lipinski definition) is 3. The molecule has 7 heteroatoms. The molecule has 4 N–H and O–H groups in total. The number of nitrogens with two attached hydrogens (primary N) is 1. The maximum Gasteiger partial charge on any atom is 0.251 e. The minimum absolute atomic E-state index is 0.0494. The van der Waals surface area contributed by atoms with Crippen LogP contribution in [0.1, 0.15) is 11.1 Å². The summed E-state index contributed by atoms with van der Waals surface area (Å²) in [6.45, 7) is 1.63. The van der Waals surface area contributed by atoms with Crippen molar-refractivity contribution in [1.82, 2.24) is 5.32 Å². The Labute approximate surface area is 116 Å². The Balaban J connectivity index is 1.85. The average Bonchev–Trinajstić information content (AvgIpc) is 2.53. The Bertz CT molecular complexity index is 481. The van der Waals surface area contributed by atoms with Crippen molar-refractivity contribution in [1.29, 1.82) is 0 Å². The van der Waals surface area contributed by atoms with Gasteiger partial charge in [0.15, 0.2) is 11.9 Å². The molecule has 1 aliphatic heterocycles. The Morgan fingerprint density at radius 1 is 1.40 bits per heavy atom. The summed E-state index contributed by atoms with van der Waals surface area (Å²) in [7, 11) is 0. The molecule has 2 rings (SSSR count). The SMILES string of the molecule is NC(=NO)c1ccc(CNC(=O)C2COCCO2)cc1. The number of amides is 1. The van der Waals surface area contributed by atoms with E-state index in [1.165, 1.54) is 0 Å². The van der Waals surface area contributed by atoms with E-state index in [2.05, 4.69) is 10.5 Å². The number of oxime groups is 1. The van der Waals surface area contributed by atoms with Crippen molar-refractivity contribution >= 4 is 11.7 Å². The van der Waals surface area contributed by atoms with E-state index >= 15 is 0 Å². The second-order valence-electron chi connectivity index (χ2n) is 4.33. The summed E-state index contributed by atoms with van der Waals surface area (Å²) in [5.41, 5.74) is 6.99. The number of hydrogen-bond acceptors (Lipinski definition) is 5. The molecule has 1 aromatic rings. The van der Waals surface area contributed by atoms with Crippen LogP contribution in [0.4, 0.5) is 0 Å². The van der Waals surface area contributed by atoms with E-state index in [0.717, 1.165) is 5.56 Å². The molecular formula is C13H17N3O4. The maximum absolute atomic E-state index is 11.8. The molecule has 108 valence electrons. The monoisotopic (exact) mass is 279 g/mol. The molecule has 0 bridgehead atoms. The average molecular weight is 279 g/mol. The van der Waals surface area contributed by atoms with Crippen LogP contribution in [-0.2, 0) is 20.8 Å². The lowest BCUT2D eigenvalue weighted by molar-refractivity contribution is -0.147. The van der Waals surface area contributed by atoms with Gasteiger partial charge in [0.05, 0.1) is 19.8 Å². The molecule has 1 unspecified atom stereocenters. The van der Waals surface area contributed by atoms with Gasteiger partial charge >= 0.3 is 0 Å². The van der Waals surface area contributed by atoms with Crippen LogP contribution >= 0.6 is 0 Å². The summed E-state index contributed by atoms with van der Waals surface area (Å²) in [6, 6.07) is 7.03. The molecule has 0 aliphatic carbocycles. The number of ether oxygens (including phenoxy) is 2. The molecule has 1 fully saturated rings. The number of amidine groups is 1. The zero-order chi connectivity index (χ0) is 14.4. The predicted octanol–water partition coefficient (Wildman–Crippen LogP) is -0.187. The van der Waals surface area contributed by atoms with Crippen LogP contribution in [0.5, 0.6) is 0 Å². The largest absolute Gasteiger partial charge is 0.409 e. The summed E-state index contributed by atoms with van der Waals surface area (Å²) < 4.78 is 10.5. The van der Waals surface area contributed by atoms with Crippen LogP contribution < -0.4 is 11.1 Å². The Hall–Kier alpha value is -2.12. The van der Waals surface area contributed by atoms with Crippen molar-refractivity contribution in [3.05, 3.63) is 35.4 Å². The smallest absolute Gasteiger partial charge is 0.251 e. The lowest BCUT2D eigenvalue weighted by atomic mass is 10.1. The number of carbonyl (C=O) groups excluding carboxylic acids is 1. The second kappa shape index (κ2) is 6.88. The molecule has 1 heterocycles. The zero-order valence-corrected chi connectivity index (χ0v) is 10.9. The fourth-order valence-electron chi connectivity index (χ4n) is 1.79. The molecule has 7 nitrogen and oxygen atoms in total. The van der Waals surface area contributed by atoms with Crippen molar-refractivity contribution in [3.8, 4) is 0 Å². The van der Waals surface area contributed by atoms with Crippen molar-refractivity contribution in [2.75, 3.05) is 19.8 Å². The van der Waals surface area contributed by atoms with E-state index in [1.807, 2.05) is 0 Å². The highest BCUT2D eigenvalue weighted by Gasteiger charge is 2.22.